The molecule has 1 nitrogen and oxygen atoms in total. The molecule has 2 atom stereocenters. The second-order valence-electron chi connectivity index (χ2n) is 4.77. The molecular weight excluding hydrogens is 134 g/mol. The normalized spacial score (nSPS) is 46.6. The molecule has 0 aromatic carbocycles. The molecule has 3 aliphatic rings. The first-order chi connectivity index (χ1) is 5.12. The molecular formula is C10H18N. The average molecular weight is 152 g/mol. The van der Waals surface area contributed by atoms with Crippen molar-refractivity contribution in [3.63, 3.8) is 0 Å². The molecule has 0 saturated heterocycles. The summed E-state index contributed by atoms with van der Waals surface area (Å²) >= 11 is 0. The highest BCUT2D eigenvalue weighted by Gasteiger charge is 2.61. The Labute approximate surface area is 69.6 Å². The summed E-state index contributed by atoms with van der Waals surface area (Å²) in [5.74, 6) is 0.972. The lowest BCUT2D eigenvalue weighted by molar-refractivity contribution is -0.112. The van der Waals surface area contributed by atoms with Gasteiger partial charge >= 0.3 is 0 Å². The maximum atomic E-state index is 4.60. The Bertz CT molecular complexity index is 170. The van der Waals surface area contributed by atoms with Crippen molar-refractivity contribution in [3.8, 4) is 0 Å². The van der Waals surface area contributed by atoms with E-state index in [4.69, 9.17) is 0 Å². The lowest BCUT2D eigenvalue weighted by Crippen LogP contribution is -2.67. The smallest absolute Gasteiger partial charge is 0.0409 e. The van der Waals surface area contributed by atoms with Crippen LogP contribution in [0.1, 0.15) is 39.5 Å². The molecule has 1 heteroatoms. The molecule has 0 aromatic heterocycles. The Hall–Kier alpha value is -0.0400. The molecule has 0 spiro atoms. The molecule has 0 amide bonds. The topological polar surface area (TPSA) is 14.1 Å². The third-order valence-corrected chi connectivity index (χ3v) is 4.38. The maximum Gasteiger partial charge on any atom is 0.0409 e. The van der Waals surface area contributed by atoms with Crippen LogP contribution < -0.4 is 5.32 Å². The van der Waals surface area contributed by atoms with Crippen molar-refractivity contribution in [3.05, 3.63) is 0 Å². The summed E-state index contributed by atoms with van der Waals surface area (Å²) in [5.41, 5.74) is 0.899. The number of nitrogens with zero attached hydrogens (tertiary/aromatic N) is 1. The van der Waals surface area contributed by atoms with Gasteiger partial charge in [0.25, 0.3) is 0 Å². The van der Waals surface area contributed by atoms with Gasteiger partial charge in [0.2, 0.25) is 0 Å². The number of fused-ring (bicyclic) bond motifs is 2. The van der Waals surface area contributed by atoms with Crippen LogP contribution in [0.25, 0.3) is 0 Å². The van der Waals surface area contributed by atoms with E-state index in [1.165, 1.54) is 25.7 Å². The molecule has 3 aliphatic carbocycles. The predicted octanol–water partition coefficient (Wildman–Crippen LogP) is 2.19. The van der Waals surface area contributed by atoms with Crippen LogP contribution in [-0.4, -0.2) is 12.6 Å². The molecule has 63 valence electrons. The SMILES string of the molecule is C[N]C12CCCC(C1)C2(C)C. The fraction of sp³-hybridized carbons (Fsp3) is 1.00. The van der Waals surface area contributed by atoms with Crippen molar-refractivity contribution in [2.24, 2.45) is 11.3 Å². The van der Waals surface area contributed by atoms with Gasteiger partial charge in [-0.25, -0.2) is 5.32 Å². The largest absolute Gasteiger partial charge is 0.238 e. The summed E-state index contributed by atoms with van der Waals surface area (Å²) in [7, 11) is 2.00. The summed E-state index contributed by atoms with van der Waals surface area (Å²) in [5, 5.41) is 4.60. The standard InChI is InChI=1S/C10H18N/c1-9(2)8-5-4-6-10(9,7-8)11-3/h8H,4-7H2,1-3H3. The van der Waals surface area contributed by atoms with E-state index >= 15 is 0 Å². The quantitative estimate of drug-likeness (QED) is 0.547. The average Bonchev–Trinajstić information content (AvgIpc) is 2.04. The van der Waals surface area contributed by atoms with Gasteiger partial charge in [0, 0.05) is 12.6 Å². The van der Waals surface area contributed by atoms with E-state index in [9.17, 15) is 0 Å². The lowest BCUT2D eigenvalue weighted by Gasteiger charge is -2.65. The van der Waals surface area contributed by atoms with Crippen LogP contribution in [-0.2, 0) is 0 Å². The van der Waals surface area contributed by atoms with Crippen LogP contribution in [0, 0.1) is 11.3 Å². The molecule has 0 N–H and O–H groups in total. The maximum absolute atomic E-state index is 4.60. The van der Waals surface area contributed by atoms with E-state index in [1.807, 2.05) is 7.05 Å². The summed E-state index contributed by atoms with van der Waals surface area (Å²) in [4.78, 5) is 0. The van der Waals surface area contributed by atoms with E-state index in [1.54, 1.807) is 0 Å². The van der Waals surface area contributed by atoms with Crippen molar-refractivity contribution in [2.75, 3.05) is 7.05 Å². The Morgan fingerprint density at radius 3 is 2.45 bits per heavy atom. The summed E-state index contributed by atoms with van der Waals surface area (Å²) in [6, 6.07) is 0. The molecule has 0 aliphatic heterocycles. The highest BCUT2D eigenvalue weighted by molar-refractivity contribution is 5.15. The van der Waals surface area contributed by atoms with Gasteiger partial charge < -0.3 is 0 Å². The Kier molecular flexibility index (Phi) is 1.39. The third-order valence-electron chi connectivity index (χ3n) is 4.38. The van der Waals surface area contributed by atoms with E-state index < -0.39 is 0 Å². The Balaban J connectivity index is 2.22. The van der Waals surface area contributed by atoms with Crippen LogP contribution in [0.4, 0.5) is 0 Å². The zero-order valence-corrected chi connectivity index (χ0v) is 7.85. The second-order valence-corrected chi connectivity index (χ2v) is 4.77. The molecule has 2 unspecified atom stereocenters. The first-order valence-corrected chi connectivity index (χ1v) is 4.73. The van der Waals surface area contributed by atoms with Crippen LogP contribution in [0.2, 0.25) is 0 Å². The number of rotatable bonds is 1. The zero-order chi connectivity index (χ0) is 8.11. The number of hydrogen-bond acceptors (Lipinski definition) is 0. The minimum atomic E-state index is 0.385. The van der Waals surface area contributed by atoms with Gasteiger partial charge in [-0.2, -0.15) is 0 Å². The lowest BCUT2D eigenvalue weighted by atomic mass is 9.44. The highest BCUT2D eigenvalue weighted by atomic mass is 15.0. The first kappa shape index (κ1) is 7.60. The molecule has 3 saturated carbocycles. The van der Waals surface area contributed by atoms with Gasteiger partial charge in [0.15, 0.2) is 0 Å². The highest BCUT2D eigenvalue weighted by Crippen LogP contribution is 2.62. The molecule has 1 radical (unpaired) electrons. The zero-order valence-electron chi connectivity index (χ0n) is 7.85. The summed E-state index contributed by atoms with van der Waals surface area (Å²) in [6.45, 7) is 4.79. The van der Waals surface area contributed by atoms with Crippen molar-refractivity contribution in [1.29, 1.82) is 0 Å². The number of hydrogen-bond donors (Lipinski definition) is 0. The Morgan fingerprint density at radius 1 is 1.36 bits per heavy atom. The van der Waals surface area contributed by atoms with E-state index in [2.05, 4.69) is 19.2 Å². The van der Waals surface area contributed by atoms with E-state index in [0.717, 1.165) is 5.92 Å². The van der Waals surface area contributed by atoms with Gasteiger partial charge in [-0.1, -0.05) is 20.3 Å². The fourth-order valence-electron chi connectivity index (χ4n) is 3.19. The van der Waals surface area contributed by atoms with Crippen LogP contribution >= 0.6 is 0 Å². The van der Waals surface area contributed by atoms with Crippen LogP contribution in [0.5, 0.6) is 0 Å². The summed E-state index contributed by atoms with van der Waals surface area (Å²) < 4.78 is 0. The minimum absolute atomic E-state index is 0.385. The van der Waals surface area contributed by atoms with Gasteiger partial charge in [-0.15, -0.1) is 0 Å². The van der Waals surface area contributed by atoms with Gasteiger partial charge in [0.1, 0.15) is 0 Å². The molecule has 3 rings (SSSR count). The fourth-order valence-corrected chi connectivity index (χ4v) is 3.19. The molecule has 3 fully saturated rings. The third kappa shape index (κ3) is 0.703. The second kappa shape index (κ2) is 2.01. The predicted molar refractivity (Wildman–Crippen MR) is 46.5 cm³/mol. The molecule has 2 bridgehead atoms. The molecule has 0 heterocycles. The van der Waals surface area contributed by atoms with E-state index in [-0.39, 0.29) is 0 Å². The van der Waals surface area contributed by atoms with Gasteiger partial charge in [-0.3, -0.25) is 0 Å². The van der Waals surface area contributed by atoms with Gasteiger partial charge in [0.05, 0.1) is 0 Å². The van der Waals surface area contributed by atoms with Crippen molar-refractivity contribution in [2.45, 2.75) is 45.1 Å². The molecule has 11 heavy (non-hydrogen) atoms. The van der Waals surface area contributed by atoms with Crippen LogP contribution in [0.3, 0.4) is 0 Å². The van der Waals surface area contributed by atoms with Crippen LogP contribution in [0.15, 0.2) is 0 Å². The summed E-state index contributed by atoms with van der Waals surface area (Å²) in [6.07, 6.45) is 5.57. The minimum Gasteiger partial charge on any atom is -0.238 e. The first-order valence-electron chi connectivity index (χ1n) is 4.73. The molecule has 0 aromatic rings. The van der Waals surface area contributed by atoms with Crippen molar-refractivity contribution >= 4 is 0 Å². The Morgan fingerprint density at radius 2 is 2.09 bits per heavy atom. The van der Waals surface area contributed by atoms with Crippen molar-refractivity contribution in [1.82, 2.24) is 5.32 Å². The van der Waals surface area contributed by atoms with Crippen molar-refractivity contribution < 1.29 is 0 Å². The van der Waals surface area contributed by atoms with Gasteiger partial charge in [-0.05, 0) is 30.6 Å². The monoisotopic (exact) mass is 152 g/mol. The van der Waals surface area contributed by atoms with E-state index in [0.29, 0.717) is 11.0 Å².